The molecule has 4 rings (SSSR count). The number of piperidine rings is 1. The zero-order valence-electron chi connectivity index (χ0n) is 15.8. The van der Waals surface area contributed by atoms with Gasteiger partial charge in [0.2, 0.25) is 5.91 Å². The molecule has 0 bridgehead atoms. The zero-order chi connectivity index (χ0) is 17.9. The molecule has 3 aliphatic rings. The number of nitrogens with two attached hydrogens (primary N) is 1. The quantitative estimate of drug-likeness (QED) is 0.805. The molecule has 2 aliphatic heterocycles. The lowest BCUT2D eigenvalue weighted by molar-refractivity contribution is -0.133. The second kappa shape index (κ2) is 8.09. The zero-order valence-corrected chi connectivity index (χ0v) is 15.8. The molecule has 3 heterocycles. The third kappa shape index (κ3) is 4.29. The highest BCUT2D eigenvalue weighted by Gasteiger charge is 2.38. The largest absolute Gasteiger partial charge is 0.343 e. The van der Waals surface area contributed by atoms with Crippen LogP contribution in [0.2, 0.25) is 0 Å². The van der Waals surface area contributed by atoms with Crippen molar-refractivity contribution in [2.45, 2.75) is 63.6 Å². The molecule has 2 saturated heterocycles. The summed E-state index contributed by atoms with van der Waals surface area (Å²) in [6, 6.07) is 2.88. The Bertz CT molecular complexity index is 577. The van der Waals surface area contributed by atoms with Gasteiger partial charge in [0.15, 0.2) is 0 Å². The first kappa shape index (κ1) is 18.0. The van der Waals surface area contributed by atoms with Gasteiger partial charge >= 0.3 is 0 Å². The third-order valence-corrected chi connectivity index (χ3v) is 6.59. The van der Waals surface area contributed by atoms with Crippen molar-refractivity contribution in [2.24, 2.45) is 17.6 Å². The van der Waals surface area contributed by atoms with E-state index in [0.717, 1.165) is 64.3 Å². The van der Waals surface area contributed by atoms with Gasteiger partial charge in [0, 0.05) is 63.6 Å². The predicted molar refractivity (Wildman–Crippen MR) is 101 cm³/mol. The summed E-state index contributed by atoms with van der Waals surface area (Å²) in [6.07, 6.45) is 11.7. The lowest BCUT2D eigenvalue weighted by atomic mass is 9.96. The summed E-state index contributed by atoms with van der Waals surface area (Å²) in [7, 11) is 0. The Labute approximate surface area is 156 Å². The number of hydrogen-bond donors (Lipinski definition) is 1. The molecule has 0 aromatic carbocycles. The molecule has 2 N–H and O–H groups in total. The van der Waals surface area contributed by atoms with Gasteiger partial charge in [0.25, 0.3) is 0 Å². The number of carbonyl (C=O) groups excluding carboxylic acids is 1. The Morgan fingerprint density at radius 3 is 2.38 bits per heavy atom. The van der Waals surface area contributed by atoms with E-state index >= 15 is 0 Å². The molecule has 2 atom stereocenters. The van der Waals surface area contributed by atoms with E-state index in [1.54, 1.807) is 0 Å². The van der Waals surface area contributed by atoms with Crippen LogP contribution < -0.4 is 5.73 Å². The summed E-state index contributed by atoms with van der Waals surface area (Å²) in [4.78, 5) is 17.5. The Morgan fingerprint density at radius 1 is 1.00 bits per heavy atom. The number of nitrogens with zero attached hydrogens (tertiary/aromatic N) is 4. The normalized spacial score (nSPS) is 28.0. The van der Waals surface area contributed by atoms with Gasteiger partial charge in [-0.2, -0.15) is 5.10 Å². The van der Waals surface area contributed by atoms with Crippen LogP contribution in [0.25, 0.3) is 0 Å². The lowest BCUT2D eigenvalue weighted by Gasteiger charge is -2.34. The number of hydrogen-bond acceptors (Lipinski definition) is 4. The van der Waals surface area contributed by atoms with Gasteiger partial charge < -0.3 is 10.6 Å². The molecule has 26 heavy (non-hydrogen) atoms. The molecule has 1 aliphatic carbocycles. The van der Waals surface area contributed by atoms with Crippen LogP contribution in [0.3, 0.4) is 0 Å². The highest BCUT2D eigenvalue weighted by atomic mass is 16.2. The van der Waals surface area contributed by atoms with Crippen molar-refractivity contribution in [3.05, 3.63) is 18.5 Å². The van der Waals surface area contributed by atoms with E-state index < -0.39 is 0 Å². The molecule has 144 valence electrons. The van der Waals surface area contributed by atoms with Gasteiger partial charge in [-0.05, 0) is 56.4 Å². The molecule has 6 nitrogen and oxygen atoms in total. The Hall–Kier alpha value is -1.40. The number of aromatic nitrogens is 2. The van der Waals surface area contributed by atoms with E-state index in [2.05, 4.69) is 14.9 Å². The fourth-order valence-corrected chi connectivity index (χ4v) is 4.75. The fraction of sp³-hybridized carbons (Fsp3) is 0.800. The first-order valence-corrected chi connectivity index (χ1v) is 10.4. The van der Waals surface area contributed by atoms with Crippen molar-refractivity contribution in [3.8, 4) is 0 Å². The summed E-state index contributed by atoms with van der Waals surface area (Å²) in [5.74, 6) is 1.85. The molecular formula is C20H33N5O. The minimum Gasteiger partial charge on any atom is -0.343 e. The predicted octanol–water partition coefficient (Wildman–Crippen LogP) is 1.71. The minimum absolute atomic E-state index is 0.353. The maximum absolute atomic E-state index is 12.9. The number of likely N-dealkylation sites (tertiary alicyclic amines) is 2. The second-order valence-electron chi connectivity index (χ2n) is 8.52. The summed E-state index contributed by atoms with van der Waals surface area (Å²) < 4.78 is 2.02. The van der Waals surface area contributed by atoms with Gasteiger partial charge in [0.05, 0.1) is 0 Å². The molecule has 0 radical (unpaired) electrons. The molecular weight excluding hydrogens is 326 g/mol. The maximum atomic E-state index is 12.9. The van der Waals surface area contributed by atoms with E-state index in [9.17, 15) is 4.79 Å². The van der Waals surface area contributed by atoms with Crippen LogP contribution in [0, 0.1) is 11.8 Å². The number of amides is 1. The topological polar surface area (TPSA) is 67.4 Å². The van der Waals surface area contributed by atoms with Crippen LogP contribution in [0.5, 0.6) is 0 Å². The van der Waals surface area contributed by atoms with Crippen LogP contribution in [0.1, 0.15) is 44.9 Å². The van der Waals surface area contributed by atoms with Crippen LogP contribution in [0.15, 0.2) is 18.5 Å². The molecule has 0 unspecified atom stereocenters. The summed E-state index contributed by atoms with van der Waals surface area (Å²) in [5.41, 5.74) is 5.98. The SMILES string of the molecule is NC[C@H]1CC[C@@H](CC(=O)N2CCC(Cn3cccn3)CC2)N1CC1CC1. The molecule has 0 spiro atoms. The monoisotopic (exact) mass is 359 g/mol. The molecule has 6 heteroatoms. The minimum atomic E-state index is 0.353. The molecule has 3 fully saturated rings. The van der Waals surface area contributed by atoms with E-state index in [0.29, 0.717) is 30.3 Å². The Balaban J connectivity index is 1.25. The first-order chi connectivity index (χ1) is 12.7. The van der Waals surface area contributed by atoms with E-state index in [-0.39, 0.29) is 0 Å². The van der Waals surface area contributed by atoms with Gasteiger partial charge in [-0.15, -0.1) is 0 Å². The summed E-state index contributed by atoms with van der Waals surface area (Å²) >= 11 is 0. The standard InChI is InChI=1S/C20H33N5O/c21-13-19-5-4-18(25(19)15-16-2-3-16)12-20(26)23-10-6-17(7-11-23)14-24-9-1-8-22-24/h1,8-9,16-19H,2-7,10-15,21H2/t18-,19+/m0/s1. The van der Waals surface area contributed by atoms with E-state index in [1.807, 2.05) is 23.1 Å². The van der Waals surface area contributed by atoms with Crippen LogP contribution in [-0.2, 0) is 11.3 Å². The van der Waals surface area contributed by atoms with E-state index in [1.165, 1.54) is 12.8 Å². The highest BCUT2D eigenvalue weighted by Crippen LogP contribution is 2.35. The van der Waals surface area contributed by atoms with Crippen molar-refractivity contribution in [2.75, 3.05) is 26.2 Å². The lowest BCUT2D eigenvalue weighted by Crippen LogP contribution is -2.45. The average molecular weight is 360 g/mol. The summed E-state index contributed by atoms with van der Waals surface area (Å²) in [5, 5.41) is 4.31. The van der Waals surface area contributed by atoms with Crippen molar-refractivity contribution in [3.63, 3.8) is 0 Å². The molecule has 1 amide bonds. The third-order valence-electron chi connectivity index (χ3n) is 6.59. The van der Waals surface area contributed by atoms with Gasteiger partial charge in [0.1, 0.15) is 0 Å². The average Bonchev–Trinajstić information content (AvgIpc) is 3.18. The van der Waals surface area contributed by atoms with Crippen molar-refractivity contribution >= 4 is 5.91 Å². The molecule has 1 aromatic rings. The Morgan fingerprint density at radius 2 is 1.73 bits per heavy atom. The van der Waals surface area contributed by atoms with Crippen LogP contribution >= 0.6 is 0 Å². The highest BCUT2D eigenvalue weighted by molar-refractivity contribution is 5.77. The molecule has 1 saturated carbocycles. The summed E-state index contributed by atoms with van der Waals surface area (Å²) in [6.45, 7) is 4.67. The van der Waals surface area contributed by atoms with Crippen molar-refractivity contribution < 1.29 is 4.79 Å². The number of rotatable bonds is 7. The Kier molecular flexibility index (Phi) is 5.60. The van der Waals surface area contributed by atoms with Gasteiger partial charge in [-0.3, -0.25) is 14.4 Å². The van der Waals surface area contributed by atoms with Gasteiger partial charge in [-0.25, -0.2) is 0 Å². The smallest absolute Gasteiger partial charge is 0.224 e. The maximum Gasteiger partial charge on any atom is 0.224 e. The second-order valence-corrected chi connectivity index (χ2v) is 8.52. The fourth-order valence-electron chi connectivity index (χ4n) is 4.75. The van der Waals surface area contributed by atoms with Crippen molar-refractivity contribution in [1.82, 2.24) is 19.6 Å². The molecule has 1 aromatic heterocycles. The van der Waals surface area contributed by atoms with Gasteiger partial charge in [-0.1, -0.05) is 0 Å². The first-order valence-electron chi connectivity index (χ1n) is 10.4. The van der Waals surface area contributed by atoms with Crippen molar-refractivity contribution in [1.29, 1.82) is 0 Å². The van der Waals surface area contributed by atoms with E-state index in [4.69, 9.17) is 5.73 Å². The van der Waals surface area contributed by atoms with Crippen LogP contribution in [-0.4, -0.2) is 63.8 Å². The number of carbonyl (C=O) groups is 1. The van der Waals surface area contributed by atoms with Crippen LogP contribution in [0.4, 0.5) is 0 Å².